The zero-order valence-electron chi connectivity index (χ0n) is 8.46. The number of hydrogen-bond donors (Lipinski definition) is 1. The summed E-state index contributed by atoms with van der Waals surface area (Å²) in [4.78, 5) is 8.07. The van der Waals surface area contributed by atoms with Crippen molar-refractivity contribution in [1.82, 2.24) is 9.97 Å². The highest BCUT2D eigenvalue weighted by Gasteiger charge is 2.14. The number of aryl methyl sites for hydroxylation is 1. The van der Waals surface area contributed by atoms with Crippen LogP contribution in [0.5, 0.6) is 0 Å². The molecular weight excluding hydrogens is 188 g/mol. The van der Waals surface area contributed by atoms with Crippen LogP contribution in [-0.4, -0.2) is 15.1 Å². The molecule has 0 aliphatic rings. The van der Waals surface area contributed by atoms with Crippen molar-refractivity contribution in [3.8, 4) is 0 Å². The van der Waals surface area contributed by atoms with Crippen molar-refractivity contribution < 1.29 is 5.11 Å². The lowest BCUT2D eigenvalue weighted by atomic mass is 10.0. The van der Waals surface area contributed by atoms with Crippen LogP contribution >= 0.6 is 0 Å². The molecule has 0 aliphatic carbocycles. The van der Waals surface area contributed by atoms with Crippen molar-refractivity contribution in [3.63, 3.8) is 0 Å². The zero-order chi connectivity index (χ0) is 10.7. The normalized spacial score (nSPS) is 12.4. The molecule has 1 unspecified atom stereocenters. The van der Waals surface area contributed by atoms with Gasteiger partial charge in [-0.2, -0.15) is 0 Å². The Morgan fingerprint density at radius 3 is 2.40 bits per heavy atom. The lowest BCUT2D eigenvalue weighted by Crippen LogP contribution is -2.05. The molecule has 1 aromatic carbocycles. The van der Waals surface area contributed by atoms with Crippen LogP contribution in [0, 0.1) is 6.92 Å². The Bertz CT molecular complexity index is 442. The molecule has 0 fully saturated rings. The largest absolute Gasteiger partial charge is 0.380 e. The summed E-state index contributed by atoms with van der Waals surface area (Å²) >= 11 is 0. The lowest BCUT2D eigenvalue weighted by Gasteiger charge is -2.11. The Morgan fingerprint density at radius 1 is 1.07 bits per heavy atom. The maximum Gasteiger partial charge on any atom is 0.161 e. The number of aromatic nitrogens is 2. The molecule has 1 heterocycles. The van der Waals surface area contributed by atoms with Crippen molar-refractivity contribution in [2.75, 3.05) is 0 Å². The van der Waals surface area contributed by atoms with Crippen LogP contribution in [0.15, 0.2) is 42.7 Å². The van der Waals surface area contributed by atoms with Gasteiger partial charge >= 0.3 is 0 Å². The fraction of sp³-hybridized carbons (Fsp3) is 0.167. The molecule has 0 amide bonds. The van der Waals surface area contributed by atoms with Crippen LogP contribution in [0.3, 0.4) is 0 Å². The summed E-state index contributed by atoms with van der Waals surface area (Å²) in [7, 11) is 0. The van der Waals surface area contributed by atoms with Gasteiger partial charge in [0.15, 0.2) is 5.82 Å². The summed E-state index contributed by atoms with van der Waals surface area (Å²) < 4.78 is 0. The highest BCUT2D eigenvalue weighted by atomic mass is 16.3. The number of nitrogens with zero attached hydrogens (tertiary/aromatic N) is 2. The molecule has 0 radical (unpaired) electrons. The monoisotopic (exact) mass is 200 g/mol. The summed E-state index contributed by atoms with van der Waals surface area (Å²) in [5.41, 5.74) is 1.89. The van der Waals surface area contributed by atoms with Gasteiger partial charge in [-0.1, -0.05) is 24.3 Å². The molecule has 0 spiro atoms. The van der Waals surface area contributed by atoms with E-state index in [1.165, 1.54) is 0 Å². The molecule has 1 atom stereocenters. The van der Waals surface area contributed by atoms with Crippen molar-refractivity contribution in [2.45, 2.75) is 13.0 Å². The quantitative estimate of drug-likeness (QED) is 0.804. The second kappa shape index (κ2) is 4.19. The summed E-state index contributed by atoms with van der Waals surface area (Å²) in [5, 5.41) is 10.0. The molecule has 3 nitrogen and oxygen atoms in total. The van der Waals surface area contributed by atoms with E-state index in [-0.39, 0.29) is 0 Å². The summed E-state index contributed by atoms with van der Waals surface area (Å²) in [6.45, 7) is 1.96. The van der Waals surface area contributed by atoms with E-state index in [4.69, 9.17) is 0 Å². The van der Waals surface area contributed by atoms with Crippen LogP contribution in [-0.2, 0) is 0 Å². The third-order valence-electron chi connectivity index (χ3n) is 2.31. The van der Waals surface area contributed by atoms with Gasteiger partial charge in [0, 0.05) is 12.4 Å². The first kappa shape index (κ1) is 9.80. The summed E-state index contributed by atoms with van der Waals surface area (Å²) in [6, 6.07) is 9.41. The topological polar surface area (TPSA) is 46.0 Å². The van der Waals surface area contributed by atoms with Crippen molar-refractivity contribution in [2.24, 2.45) is 0 Å². The van der Waals surface area contributed by atoms with Crippen LogP contribution in [0.2, 0.25) is 0 Å². The standard InChI is InChI=1S/C12H12N2O/c1-9-5-2-3-6-10(9)11(15)12-13-7-4-8-14-12/h2-8,11,15H,1H3. The maximum atomic E-state index is 10.0. The minimum atomic E-state index is -0.743. The third kappa shape index (κ3) is 2.02. The van der Waals surface area contributed by atoms with Gasteiger partial charge in [0.1, 0.15) is 6.10 Å². The minimum absolute atomic E-state index is 0.437. The van der Waals surface area contributed by atoms with E-state index in [2.05, 4.69) is 9.97 Å². The molecule has 3 heteroatoms. The number of aliphatic hydroxyl groups is 1. The van der Waals surface area contributed by atoms with Crippen LogP contribution < -0.4 is 0 Å². The zero-order valence-corrected chi connectivity index (χ0v) is 8.46. The second-order valence-electron chi connectivity index (χ2n) is 3.37. The molecule has 76 valence electrons. The van der Waals surface area contributed by atoms with Gasteiger partial charge in [-0.25, -0.2) is 9.97 Å². The number of rotatable bonds is 2. The van der Waals surface area contributed by atoms with Crippen molar-refractivity contribution in [1.29, 1.82) is 0 Å². The SMILES string of the molecule is Cc1ccccc1C(O)c1ncccn1. The molecular formula is C12H12N2O. The summed E-state index contributed by atoms with van der Waals surface area (Å²) in [5.74, 6) is 0.437. The average molecular weight is 200 g/mol. The van der Waals surface area contributed by atoms with E-state index >= 15 is 0 Å². The highest BCUT2D eigenvalue weighted by molar-refractivity contribution is 5.30. The van der Waals surface area contributed by atoms with E-state index in [0.29, 0.717) is 5.82 Å². The predicted octanol–water partition coefficient (Wildman–Crippen LogP) is 1.87. The van der Waals surface area contributed by atoms with Gasteiger partial charge < -0.3 is 5.11 Å². The molecule has 0 saturated heterocycles. The van der Waals surface area contributed by atoms with Gasteiger partial charge in [-0.05, 0) is 24.1 Å². The Balaban J connectivity index is 2.37. The van der Waals surface area contributed by atoms with E-state index in [0.717, 1.165) is 11.1 Å². The Labute approximate surface area is 88.5 Å². The van der Waals surface area contributed by atoms with Crippen molar-refractivity contribution in [3.05, 3.63) is 59.7 Å². The first-order valence-electron chi connectivity index (χ1n) is 4.79. The summed E-state index contributed by atoms with van der Waals surface area (Å²) in [6.07, 6.45) is 2.51. The molecule has 1 aromatic heterocycles. The smallest absolute Gasteiger partial charge is 0.161 e. The lowest BCUT2D eigenvalue weighted by molar-refractivity contribution is 0.209. The maximum absolute atomic E-state index is 10.0. The first-order valence-corrected chi connectivity index (χ1v) is 4.79. The molecule has 2 rings (SSSR count). The number of benzene rings is 1. The van der Waals surface area contributed by atoms with Crippen LogP contribution in [0.25, 0.3) is 0 Å². The van der Waals surface area contributed by atoms with Gasteiger partial charge in [0.05, 0.1) is 0 Å². The predicted molar refractivity (Wildman–Crippen MR) is 57.3 cm³/mol. The van der Waals surface area contributed by atoms with E-state index < -0.39 is 6.10 Å². The molecule has 1 N–H and O–H groups in total. The van der Waals surface area contributed by atoms with E-state index in [1.807, 2.05) is 31.2 Å². The Hall–Kier alpha value is -1.74. The minimum Gasteiger partial charge on any atom is -0.380 e. The van der Waals surface area contributed by atoms with E-state index in [9.17, 15) is 5.11 Å². The number of hydrogen-bond acceptors (Lipinski definition) is 3. The third-order valence-corrected chi connectivity index (χ3v) is 2.31. The molecule has 0 saturated carbocycles. The van der Waals surface area contributed by atoms with Crippen LogP contribution in [0.4, 0.5) is 0 Å². The Morgan fingerprint density at radius 2 is 1.73 bits per heavy atom. The fourth-order valence-corrected chi connectivity index (χ4v) is 1.48. The van der Waals surface area contributed by atoms with Crippen molar-refractivity contribution >= 4 is 0 Å². The average Bonchev–Trinajstić information content (AvgIpc) is 2.30. The van der Waals surface area contributed by atoms with Gasteiger partial charge in [-0.15, -0.1) is 0 Å². The van der Waals surface area contributed by atoms with Crippen LogP contribution in [0.1, 0.15) is 23.1 Å². The molecule has 15 heavy (non-hydrogen) atoms. The van der Waals surface area contributed by atoms with Gasteiger partial charge in [0.25, 0.3) is 0 Å². The molecule has 0 aliphatic heterocycles. The fourth-order valence-electron chi connectivity index (χ4n) is 1.48. The molecule has 0 bridgehead atoms. The van der Waals surface area contributed by atoms with Gasteiger partial charge in [-0.3, -0.25) is 0 Å². The number of aliphatic hydroxyl groups excluding tert-OH is 1. The highest BCUT2D eigenvalue weighted by Crippen LogP contribution is 2.21. The second-order valence-corrected chi connectivity index (χ2v) is 3.37. The van der Waals surface area contributed by atoms with E-state index in [1.54, 1.807) is 18.5 Å². The Kier molecular flexibility index (Phi) is 2.74. The van der Waals surface area contributed by atoms with Gasteiger partial charge in [0.2, 0.25) is 0 Å². The first-order chi connectivity index (χ1) is 7.29. The molecule has 2 aromatic rings.